The Morgan fingerprint density at radius 2 is 1.55 bits per heavy atom. The smallest absolute Gasteiger partial charge is 0.410 e. The number of rotatable bonds is 12. The Bertz CT molecular complexity index is 282. The Morgan fingerprint density at radius 3 is 2.14 bits per heavy atom. The van der Waals surface area contributed by atoms with Crippen LogP contribution in [-0.4, -0.2) is 62.5 Å². The van der Waals surface area contributed by atoms with Gasteiger partial charge in [0.2, 0.25) is 0 Å². The Balaban J connectivity index is 3.37. The molecule has 0 aromatic carbocycles. The van der Waals surface area contributed by atoms with E-state index in [1.165, 1.54) is 11.3 Å². The second kappa shape index (κ2) is 13.0. The molecule has 0 fully saturated rings. The molecule has 0 aliphatic heterocycles. The third-order valence-electron chi connectivity index (χ3n) is 2.82. The van der Waals surface area contributed by atoms with Crippen molar-refractivity contribution in [3.8, 4) is 0 Å². The minimum atomic E-state index is -0.468. The summed E-state index contributed by atoms with van der Waals surface area (Å²) >= 11 is 5.61. The number of nitrogens with zero attached hydrogens (tertiary/aromatic N) is 1. The molecule has 0 unspecified atom stereocenters. The van der Waals surface area contributed by atoms with Crippen LogP contribution in [0.3, 0.4) is 0 Å². The maximum Gasteiger partial charge on any atom is 0.410 e. The van der Waals surface area contributed by atoms with Gasteiger partial charge in [-0.15, -0.1) is 11.6 Å². The van der Waals surface area contributed by atoms with Crippen molar-refractivity contribution in [1.82, 2.24) is 4.90 Å². The Labute approximate surface area is 140 Å². The monoisotopic (exact) mass is 337 g/mol. The number of carbonyl (C=O) groups is 1. The summed E-state index contributed by atoms with van der Waals surface area (Å²) in [6, 6.07) is 0. The molecule has 0 rings (SSSR count). The summed E-state index contributed by atoms with van der Waals surface area (Å²) in [6.07, 6.45) is 4.15. The summed E-state index contributed by atoms with van der Waals surface area (Å²) in [5.41, 5.74) is -0.468. The van der Waals surface area contributed by atoms with Crippen molar-refractivity contribution in [2.75, 3.05) is 45.9 Å². The Morgan fingerprint density at radius 1 is 0.955 bits per heavy atom. The zero-order chi connectivity index (χ0) is 16.8. The molecular formula is C16H32ClNO4. The van der Waals surface area contributed by atoms with Gasteiger partial charge in [0.15, 0.2) is 0 Å². The molecule has 0 saturated carbocycles. The molecule has 0 atom stereocenters. The number of likely N-dealkylation sites (N-methyl/N-ethyl adjacent to an activating group) is 1. The topological polar surface area (TPSA) is 48.0 Å². The van der Waals surface area contributed by atoms with Gasteiger partial charge in [-0.1, -0.05) is 12.8 Å². The van der Waals surface area contributed by atoms with E-state index in [-0.39, 0.29) is 6.09 Å². The summed E-state index contributed by atoms with van der Waals surface area (Å²) in [5.74, 6) is 0.742. The van der Waals surface area contributed by atoms with Gasteiger partial charge in [0, 0.05) is 26.1 Å². The first-order valence-corrected chi connectivity index (χ1v) is 8.56. The van der Waals surface area contributed by atoms with E-state index in [0.717, 1.165) is 31.7 Å². The van der Waals surface area contributed by atoms with E-state index in [0.29, 0.717) is 26.4 Å². The maximum absolute atomic E-state index is 11.7. The van der Waals surface area contributed by atoms with Gasteiger partial charge >= 0.3 is 6.09 Å². The molecule has 0 heterocycles. The van der Waals surface area contributed by atoms with Crippen LogP contribution in [-0.2, 0) is 14.2 Å². The highest BCUT2D eigenvalue weighted by atomic mass is 35.5. The molecule has 22 heavy (non-hydrogen) atoms. The Kier molecular flexibility index (Phi) is 12.7. The number of hydrogen-bond acceptors (Lipinski definition) is 4. The lowest BCUT2D eigenvalue weighted by Crippen LogP contribution is -2.36. The predicted octanol–water partition coefficient (Wildman–Crippen LogP) is 3.69. The van der Waals surface area contributed by atoms with E-state index in [1.807, 2.05) is 20.8 Å². The summed E-state index contributed by atoms with van der Waals surface area (Å²) < 4.78 is 16.2. The number of halogens is 1. The first kappa shape index (κ1) is 21.5. The summed E-state index contributed by atoms with van der Waals surface area (Å²) in [6.45, 7) is 8.44. The van der Waals surface area contributed by atoms with Crippen LogP contribution in [0.2, 0.25) is 0 Å². The SMILES string of the molecule is CN(CCOCCOCCCCCCCl)C(=O)OC(C)(C)C. The van der Waals surface area contributed by atoms with Crippen molar-refractivity contribution < 1.29 is 19.0 Å². The van der Waals surface area contributed by atoms with Gasteiger partial charge in [0.1, 0.15) is 5.60 Å². The molecule has 0 saturated heterocycles. The first-order chi connectivity index (χ1) is 10.4. The van der Waals surface area contributed by atoms with E-state index in [2.05, 4.69) is 0 Å². The van der Waals surface area contributed by atoms with Gasteiger partial charge in [-0.25, -0.2) is 4.79 Å². The van der Waals surface area contributed by atoms with Crippen LogP contribution in [0.1, 0.15) is 46.5 Å². The molecule has 0 bridgehead atoms. The van der Waals surface area contributed by atoms with Crippen LogP contribution in [0, 0.1) is 0 Å². The van der Waals surface area contributed by atoms with Crippen LogP contribution in [0.4, 0.5) is 4.79 Å². The summed E-state index contributed by atoms with van der Waals surface area (Å²) in [7, 11) is 1.70. The van der Waals surface area contributed by atoms with E-state index < -0.39 is 5.60 Å². The zero-order valence-corrected chi connectivity index (χ0v) is 15.3. The van der Waals surface area contributed by atoms with Crippen molar-refractivity contribution in [2.24, 2.45) is 0 Å². The lowest BCUT2D eigenvalue weighted by molar-refractivity contribution is 0.0157. The molecule has 1 amide bonds. The quantitative estimate of drug-likeness (QED) is 0.402. The largest absolute Gasteiger partial charge is 0.444 e. The fourth-order valence-corrected chi connectivity index (χ4v) is 1.80. The Hall–Kier alpha value is -0.520. The van der Waals surface area contributed by atoms with Gasteiger partial charge in [0.05, 0.1) is 19.8 Å². The lowest BCUT2D eigenvalue weighted by Gasteiger charge is -2.24. The molecule has 0 spiro atoms. The van der Waals surface area contributed by atoms with Crippen molar-refractivity contribution in [2.45, 2.75) is 52.1 Å². The van der Waals surface area contributed by atoms with Crippen LogP contribution in [0.25, 0.3) is 0 Å². The zero-order valence-electron chi connectivity index (χ0n) is 14.5. The van der Waals surface area contributed by atoms with Gasteiger partial charge in [-0.05, 0) is 33.6 Å². The van der Waals surface area contributed by atoms with Gasteiger partial charge in [-0.2, -0.15) is 0 Å². The van der Waals surface area contributed by atoms with E-state index in [4.69, 9.17) is 25.8 Å². The highest BCUT2D eigenvalue weighted by Crippen LogP contribution is 2.08. The fraction of sp³-hybridized carbons (Fsp3) is 0.938. The van der Waals surface area contributed by atoms with Crippen molar-refractivity contribution in [1.29, 1.82) is 0 Å². The highest BCUT2D eigenvalue weighted by molar-refractivity contribution is 6.17. The average molecular weight is 338 g/mol. The number of carbonyl (C=O) groups excluding carboxylic acids is 1. The minimum absolute atomic E-state index is 0.329. The minimum Gasteiger partial charge on any atom is -0.444 e. The summed E-state index contributed by atoms with van der Waals surface area (Å²) in [5, 5.41) is 0. The van der Waals surface area contributed by atoms with Crippen LogP contribution >= 0.6 is 11.6 Å². The molecule has 0 aliphatic carbocycles. The predicted molar refractivity (Wildman–Crippen MR) is 89.7 cm³/mol. The second-order valence-electron chi connectivity index (χ2n) is 6.23. The van der Waals surface area contributed by atoms with E-state index >= 15 is 0 Å². The molecule has 5 nitrogen and oxygen atoms in total. The second-order valence-corrected chi connectivity index (χ2v) is 6.61. The van der Waals surface area contributed by atoms with Crippen molar-refractivity contribution in [3.63, 3.8) is 0 Å². The average Bonchev–Trinajstić information content (AvgIpc) is 2.42. The van der Waals surface area contributed by atoms with Gasteiger partial charge in [-0.3, -0.25) is 0 Å². The standard InChI is InChI=1S/C16H32ClNO4/c1-16(2,3)22-15(19)18(4)10-12-21-14-13-20-11-8-6-5-7-9-17/h5-14H2,1-4H3. The molecular weight excluding hydrogens is 306 g/mol. The summed E-state index contributed by atoms with van der Waals surface area (Å²) in [4.78, 5) is 13.2. The number of ether oxygens (including phenoxy) is 3. The van der Waals surface area contributed by atoms with E-state index in [1.54, 1.807) is 7.05 Å². The lowest BCUT2D eigenvalue weighted by atomic mass is 10.2. The first-order valence-electron chi connectivity index (χ1n) is 8.02. The van der Waals surface area contributed by atoms with Gasteiger partial charge in [0.25, 0.3) is 0 Å². The van der Waals surface area contributed by atoms with Crippen LogP contribution < -0.4 is 0 Å². The number of alkyl halides is 1. The molecule has 0 aromatic heterocycles. The number of amides is 1. The normalized spacial score (nSPS) is 11.5. The molecule has 0 aliphatic rings. The molecule has 132 valence electrons. The molecule has 0 N–H and O–H groups in total. The van der Waals surface area contributed by atoms with Crippen LogP contribution in [0.15, 0.2) is 0 Å². The van der Waals surface area contributed by atoms with E-state index in [9.17, 15) is 4.79 Å². The molecule has 6 heteroatoms. The maximum atomic E-state index is 11.7. The third-order valence-corrected chi connectivity index (χ3v) is 3.09. The molecule has 0 radical (unpaired) electrons. The van der Waals surface area contributed by atoms with Crippen molar-refractivity contribution >= 4 is 17.7 Å². The number of unbranched alkanes of at least 4 members (excludes halogenated alkanes) is 3. The number of hydrogen-bond donors (Lipinski definition) is 0. The molecule has 0 aromatic rings. The van der Waals surface area contributed by atoms with Crippen LogP contribution in [0.5, 0.6) is 0 Å². The van der Waals surface area contributed by atoms with Crippen molar-refractivity contribution in [3.05, 3.63) is 0 Å². The fourth-order valence-electron chi connectivity index (χ4n) is 1.61. The van der Waals surface area contributed by atoms with Gasteiger partial charge < -0.3 is 19.1 Å². The third kappa shape index (κ3) is 14.4. The highest BCUT2D eigenvalue weighted by Gasteiger charge is 2.19.